The van der Waals surface area contributed by atoms with Gasteiger partial charge in [0, 0.05) is 12.8 Å². The summed E-state index contributed by atoms with van der Waals surface area (Å²) in [6, 6.07) is -0.829. The number of esters is 1. The van der Waals surface area contributed by atoms with E-state index in [1.165, 1.54) is 193 Å². The van der Waals surface area contributed by atoms with Gasteiger partial charge < -0.3 is 45.1 Å². The average molecular weight is 1150 g/mol. The van der Waals surface area contributed by atoms with Gasteiger partial charge in [-0.25, -0.2) is 0 Å². The van der Waals surface area contributed by atoms with E-state index in [9.17, 15) is 35.1 Å². The molecule has 7 unspecified atom stereocenters. The molecule has 1 rings (SSSR count). The van der Waals surface area contributed by atoms with Crippen molar-refractivity contribution in [3.63, 3.8) is 0 Å². The molecule has 6 N–H and O–H groups in total. The first-order chi connectivity index (χ1) is 40.2. The number of rotatable bonds is 59. The number of aliphatic hydroxyl groups excluding tert-OH is 5. The van der Waals surface area contributed by atoms with Crippen LogP contribution in [0.1, 0.15) is 303 Å². The number of carbonyl (C=O) groups is 2. The summed E-state index contributed by atoms with van der Waals surface area (Å²) in [4.78, 5) is 25.1. The summed E-state index contributed by atoms with van der Waals surface area (Å²) in [5, 5.41) is 54.4. The molecule has 1 aliphatic rings. The van der Waals surface area contributed by atoms with E-state index in [4.69, 9.17) is 14.2 Å². The van der Waals surface area contributed by atoms with Crippen LogP contribution >= 0.6 is 0 Å². The van der Waals surface area contributed by atoms with E-state index in [1.54, 1.807) is 6.08 Å². The van der Waals surface area contributed by atoms with Crippen LogP contribution in [0.5, 0.6) is 0 Å². The second-order valence-electron chi connectivity index (χ2n) is 23.5. The Labute approximate surface area is 502 Å². The summed E-state index contributed by atoms with van der Waals surface area (Å²) in [6.07, 6.45) is 70.3. The number of allylic oxidation sites excluding steroid dienone is 11. The van der Waals surface area contributed by atoms with Crippen LogP contribution in [0.15, 0.2) is 72.9 Å². The summed E-state index contributed by atoms with van der Waals surface area (Å²) < 4.78 is 16.7. The first kappa shape index (κ1) is 77.1. The molecule has 7 atom stereocenters. The van der Waals surface area contributed by atoms with E-state index in [0.717, 1.165) is 83.5 Å². The van der Waals surface area contributed by atoms with Gasteiger partial charge in [-0.15, -0.1) is 0 Å². The number of amides is 1. The number of nitrogens with one attached hydrogen (secondary N) is 1. The van der Waals surface area contributed by atoms with Crippen LogP contribution in [0, 0.1) is 0 Å². The van der Waals surface area contributed by atoms with Gasteiger partial charge in [0.15, 0.2) is 6.29 Å². The quantitative estimate of drug-likeness (QED) is 0.0195. The van der Waals surface area contributed by atoms with Crippen molar-refractivity contribution >= 4 is 11.9 Å². The molecular formula is C71H127NO10. The van der Waals surface area contributed by atoms with Crippen molar-refractivity contribution in [3.05, 3.63) is 72.9 Å². The predicted molar refractivity (Wildman–Crippen MR) is 343 cm³/mol. The van der Waals surface area contributed by atoms with Gasteiger partial charge >= 0.3 is 5.97 Å². The summed E-state index contributed by atoms with van der Waals surface area (Å²) in [7, 11) is 0. The first-order valence-corrected chi connectivity index (χ1v) is 34.2. The smallest absolute Gasteiger partial charge is 0.305 e. The Hall–Kier alpha value is -2.90. The summed E-state index contributed by atoms with van der Waals surface area (Å²) in [6.45, 7) is 4.25. The van der Waals surface area contributed by atoms with Gasteiger partial charge in [0.05, 0.1) is 32.0 Å². The van der Waals surface area contributed by atoms with Gasteiger partial charge in [-0.1, -0.05) is 260 Å². The highest BCUT2D eigenvalue weighted by Gasteiger charge is 2.44. The Morgan fingerprint density at radius 3 is 1.33 bits per heavy atom. The first-order valence-electron chi connectivity index (χ1n) is 34.2. The van der Waals surface area contributed by atoms with Crippen LogP contribution in [0.3, 0.4) is 0 Å². The summed E-state index contributed by atoms with van der Waals surface area (Å²) in [5.41, 5.74) is 0. The maximum absolute atomic E-state index is 13.0. The monoisotopic (exact) mass is 1150 g/mol. The molecule has 1 fully saturated rings. The molecule has 1 amide bonds. The highest BCUT2D eigenvalue weighted by Crippen LogP contribution is 2.23. The molecule has 0 spiro atoms. The highest BCUT2D eigenvalue weighted by molar-refractivity contribution is 5.76. The van der Waals surface area contributed by atoms with E-state index in [0.29, 0.717) is 19.4 Å². The van der Waals surface area contributed by atoms with Crippen molar-refractivity contribution in [3.8, 4) is 0 Å². The van der Waals surface area contributed by atoms with Crippen LogP contribution in [-0.4, -0.2) is 100 Å². The van der Waals surface area contributed by atoms with Gasteiger partial charge in [-0.05, 0) is 103 Å². The van der Waals surface area contributed by atoms with E-state index in [-0.39, 0.29) is 18.5 Å². The Bertz CT molecular complexity index is 1590. The second-order valence-corrected chi connectivity index (χ2v) is 23.5. The molecule has 0 aromatic rings. The molecule has 0 radical (unpaired) electrons. The Morgan fingerprint density at radius 1 is 0.451 bits per heavy atom. The minimum atomic E-state index is -1.58. The standard InChI is InChI=1S/C71H127NO10/c1-3-5-7-9-11-13-15-34-39-43-47-51-55-59-67(76)80-60-56-52-48-44-40-36-33-31-29-27-25-23-21-19-17-18-20-22-24-26-28-30-32-35-38-42-46-50-54-58-66(75)72-63(62-81-71-70(79)69(78)68(77)65(61-73)82-71)64(74)57-53-49-45-41-37-16-14-12-10-8-6-4-2/h7,9,13,15,17,19,23,25,37,41,53,57,63-65,68-71,73-74,77-79H,3-6,8,10-12,14,16,18,20-22,24,26-36,38-40,42-52,54-56,58-62H2,1-2H3,(H,72,75)/b9-7-,15-13-,19-17-,25-23-,41-37+,57-53+. The molecule has 11 heteroatoms. The molecule has 1 heterocycles. The van der Waals surface area contributed by atoms with E-state index in [1.807, 2.05) is 6.08 Å². The molecule has 1 aliphatic heterocycles. The van der Waals surface area contributed by atoms with Crippen molar-refractivity contribution in [1.29, 1.82) is 0 Å². The number of ether oxygens (including phenoxy) is 3. The predicted octanol–water partition coefficient (Wildman–Crippen LogP) is 17.1. The van der Waals surface area contributed by atoms with Crippen LogP contribution in [0.2, 0.25) is 0 Å². The number of aliphatic hydroxyl groups is 5. The number of unbranched alkanes of at least 4 members (excludes halogenated alkanes) is 35. The molecule has 0 saturated carbocycles. The maximum atomic E-state index is 13.0. The van der Waals surface area contributed by atoms with Crippen LogP contribution < -0.4 is 5.32 Å². The average Bonchev–Trinajstić information content (AvgIpc) is 3.56. The van der Waals surface area contributed by atoms with Crippen LogP contribution in [-0.2, 0) is 23.8 Å². The lowest BCUT2D eigenvalue weighted by Crippen LogP contribution is -2.60. The van der Waals surface area contributed by atoms with Crippen molar-refractivity contribution in [1.82, 2.24) is 5.32 Å². The fourth-order valence-corrected chi connectivity index (χ4v) is 10.3. The van der Waals surface area contributed by atoms with Crippen LogP contribution in [0.4, 0.5) is 0 Å². The molecule has 476 valence electrons. The molecular weight excluding hydrogens is 1030 g/mol. The van der Waals surface area contributed by atoms with Crippen molar-refractivity contribution in [2.45, 2.75) is 346 Å². The molecule has 82 heavy (non-hydrogen) atoms. The molecule has 1 saturated heterocycles. The summed E-state index contributed by atoms with van der Waals surface area (Å²) in [5.74, 6) is -0.207. The second kappa shape index (κ2) is 59.8. The number of hydrogen-bond donors (Lipinski definition) is 6. The zero-order valence-corrected chi connectivity index (χ0v) is 52.7. The third-order valence-corrected chi connectivity index (χ3v) is 15.7. The van der Waals surface area contributed by atoms with Gasteiger partial charge in [0.2, 0.25) is 5.91 Å². The van der Waals surface area contributed by atoms with E-state index in [2.05, 4.69) is 79.9 Å². The van der Waals surface area contributed by atoms with E-state index >= 15 is 0 Å². The lowest BCUT2D eigenvalue weighted by molar-refractivity contribution is -0.302. The van der Waals surface area contributed by atoms with Gasteiger partial charge in [0.25, 0.3) is 0 Å². The molecule has 0 aliphatic carbocycles. The molecule has 0 bridgehead atoms. The molecule has 11 nitrogen and oxygen atoms in total. The largest absolute Gasteiger partial charge is 0.466 e. The SMILES string of the molecule is CCC/C=C\C/C=C\CCCCCCCC(=O)OCCCCCCCCCCC/C=C\C/C=C\CCCCCCCCCCCCCCCC(=O)NC(COC1OC(CO)C(O)C(O)C1O)C(O)/C=C/CC/C=C/CCCCCCCC. The lowest BCUT2D eigenvalue weighted by atomic mass is 9.99. The van der Waals surface area contributed by atoms with Crippen molar-refractivity contribution < 1.29 is 49.3 Å². The highest BCUT2D eigenvalue weighted by atomic mass is 16.7. The topological polar surface area (TPSA) is 175 Å². The Morgan fingerprint density at radius 2 is 0.854 bits per heavy atom. The van der Waals surface area contributed by atoms with Gasteiger partial charge in [0.1, 0.15) is 24.4 Å². The number of hydrogen-bond acceptors (Lipinski definition) is 10. The third-order valence-electron chi connectivity index (χ3n) is 15.7. The minimum Gasteiger partial charge on any atom is -0.466 e. The maximum Gasteiger partial charge on any atom is 0.305 e. The fraction of sp³-hybridized carbons (Fsp3) is 0.803. The van der Waals surface area contributed by atoms with Crippen molar-refractivity contribution in [2.75, 3.05) is 19.8 Å². The normalized spacial score (nSPS) is 18.6. The van der Waals surface area contributed by atoms with Gasteiger partial charge in [-0.2, -0.15) is 0 Å². The van der Waals surface area contributed by atoms with E-state index < -0.39 is 49.5 Å². The number of carbonyl (C=O) groups excluding carboxylic acids is 2. The van der Waals surface area contributed by atoms with Crippen molar-refractivity contribution in [2.24, 2.45) is 0 Å². The van der Waals surface area contributed by atoms with Gasteiger partial charge in [-0.3, -0.25) is 9.59 Å². The fourth-order valence-electron chi connectivity index (χ4n) is 10.3. The zero-order valence-electron chi connectivity index (χ0n) is 52.7. The van der Waals surface area contributed by atoms with Crippen LogP contribution in [0.25, 0.3) is 0 Å². The lowest BCUT2D eigenvalue weighted by Gasteiger charge is -2.40. The Balaban J connectivity index is 2.00. The zero-order chi connectivity index (χ0) is 59.5. The summed E-state index contributed by atoms with van der Waals surface area (Å²) >= 11 is 0. The molecule has 0 aromatic heterocycles. The Kier molecular flexibility index (Phi) is 56.2. The third kappa shape index (κ3) is 48.3. The minimum absolute atomic E-state index is 0.0130. The molecule has 0 aromatic carbocycles.